The summed E-state index contributed by atoms with van der Waals surface area (Å²) in [4.78, 5) is 45.4. The molecule has 0 bridgehead atoms. The number of hydrazine groups is 1. The number of nitrogens with zero attached hydrogens (tertiary/aromatic N) is 3. The van der Waals surface area contributed by atoms with Gasteiger partial charge in [0.1, 0.15) is 11.3 Å². The molecule has 9 heteroatoms. The molecule has 8 nitrogen and oxygen atoms in total. The van der Waals surface area contributed by atoms with Crippen molar-refractivity contribution in [3.05, 3.63) is 75.8 Å². The lowest BCUT2D eigenvalue weighted by molar-refractivity contribution is 0.0843. The molecule has 0 aliphatic heterocycles. The highest BCUT2D eigenvalue weighted by atomic mass is 32.1. The Kier molecular flexibility index (Phi) is 3.90. The van der Waals surface area contributed by atoms with E-state index in [1.54, 1.807) is 23.6 Å². The number of para-hydroxylation sites is 1. The summed E-state index contributed by atoms with van der Waals surface area (Å²) in [5, 5.41) is 2.59. The first-order valence-electron chi connectivity index (χ1n) is 7.55. The summed E-state index contributed by atoms with van der Waals surface area (Å²) in [7, 11) is 0. The third-order valence-electron chi connectivity index (χ3n) is 3.71. The lowest BCUT2D eigenvalue weighted by atomic mass is 10.2. The fourth-order valence-electron chi connectivity index (χ4n) is 2.42. The molecule has 0 aliphatic carbocycles. The van der Waals surface area contributed by atoms with Crippen LogP contribution in [0.3, 0.4) is 0 Å². The van der Waals surface area contributed by atoms with Crippen molar-refractivity contribution < 1.29 is 9.59 Å². The Morgan fingerprint density at radius 3 is 2.73 bits per heavy atom. The van der Waals surface area contributed by atoms with Crippen molar-refractivity contribution in [1.29, 1.82) is 0 Å². The highest BCUT2D eigenvalue weighted by Crippen LogP contribution is 2.11. The van der Waals surface area contributed by atoms with Crippen molar-refractivity contribution in [1.82, 2.24) is 25.2 Å². The number of pyridine rings is 1. The lowest BCUT2D eigenvalue weighted by Gasteiger charge is -2.07. The summed E-state index contributed by atoms with van der Waals surface area (Å²) in [5.74, 6) is -1.34. The Morgan fingerprint density at radius 1 is 1.04 bits per heavy atom. The number of carbonyl (C=O) groups is 2. The summed E-state index contributed by atoms with van der Waals surface area (Å²) < 4.78 is 1.27. The SMILES string of the molecule is O=C(NNC(=O)c1cnc2sccn2c1=O)c1ccc2ccccc2n1. The molecule has 0 saturated carbocycles. The molecular weight excluding hydrogens is 354 g/mol. The van der Waals surface area contributed by atoms with E-state index in [1.165, 1.54) is 28.1 Å². The van der Waals surface area contributed by atoms with Gasteiger partial charge in [-0.3, -0.25) is 29.6 Å². The molecule has 0 radical (unpaired) electrons. The predicted molar refractivity (Wildman–Crippen MR) is 96.0 cm³/mol. The summed E-state index contributed by atoms with van der Waals surface area (Å²) in [6.07, 6.45) is 2.72. The van der Waals surface area contributed by atoms with Crippen molar-refractivity contribution in [2.24, 2.45) is 0 Å². The van der Waals surface area contributed by atoms with Crippen LogP contribution in [0.2, 0.25) is 0 Å². The largest absolute Gasteiger partial charge is 0.288 e. The van der Waals surface area contributed by atoms with Gasteiger partial charge in [0.2, 0.25) is 0 Å². The highest BCUT2D eigenvalue weighted by molar-refractivity contribution is 7.15. The van der Waals surface area contributed by atoms with E-state index >= 15 is 0 Å². The van der Waals surface area contributed by atoms with Crippen LogP contribution < -0.4 is 16.4 Å². The molecule has 3 aromatic heterocycles. The molecule has 2 N–H and O–H groups in total. The average Bonchev–Trinajstić information content (AvgIpc) is 3.15. The van der Waals surface area contributed by atoms with Crippen LogP contribution in [-0.4, -0.2) is 26.2 Å². The van der Waals surface area contributed by atoms with Crippen molar-refractivity contribution in [3.8, 4) is 0 Å². The van der Waals surface area contributed by atoms with Crippen molar-refractivity contribution in [2.45, 2.75) is 0 Å². The number of amides is 2. The maximum Gasteiger partial charge on any atom is 0.288 e. The molecule has 0 saturated heterocycles. The van der Waals surface area contributed by atoms with Gasteiger partial charge >= 0.3 is 0 Å². The van der Waals surface area contributed by atoms with Gasteiger partial charge in [0, 0.05) is 23.2 Å². The van der Waals surface area contributed by atoms with Crippen LogP contribution in [-0.2, 0) is 0 Å². The van der Waals surface area contributed by atoms with E-state index in [-0.39, 0.29) is 11.3 Å². The van der Waals surface area contributed by atoms with Gasteiger partial charge in [0.15, 0.2) is 4.96 Å². The fraction of sp³-hybridized carbons (Fsp3) is 0. The van der Waals surface area contributed by atoms with Gasteiger partial charge in [-0.15, -0.1) is 11.3 Å². The van der Waals surface area contributed by atoms with Gasteiger partial charge in [-0.2, -0.15) is 0 Å². The molecule has 0 atom stereocenters. The second-order valence-electron chi connectivity index (χ2n) is 5.33. The average molecular weight is 365 g/mol. The van der Waals surface area contributed by atoms with Gasteiger partial charge in [0.05, 0.1) is 5.52 Å². The van der Waals surface area contributed by atoms with Crippen LogP contribution in [0.4, 0.5) is 0 Å². The van der Waals surface area contributed by atoms with Crippen molar-refractivity contribution >= 4 is 39.0 Å². The number of fused-ring (bicyclic) bond motifs is 2. The van der Waals surface area contributed by atoms with Gasteiger partial charge in [-0.25, -0.2) is 9.97 Å². The second kappa shape index (κ2) is 6.37. The Hall–Kier alpha value is -3.59. The third kappa shape index (κ3) is 2.80. The summed E-state index contributed by atoms with van der Waals surface area (Å²) in [6.45, 7) is 0. The van der Waals surface area contributed by atoms with E-state index in [4.69, 9.17) is 0 Å². The first-order valence-corrected chi connectivity index (χ1v) is 8.43. The van der Waals surface area contributed by atoms with Crippen molar-refractivity contribution in [2.75, 3.05) is 0 Å². The number of benzene rings is 1. The molecule has 26 heavy (non-hydrogen) atoms. The Morgan fingerprint density at radius 2 is 1.85 bits per heavy atom. The van der Waals surface area contributed by atoms with Crippen LogP contribution in [0.5, 0.6) is 0 Å². The van der Waals surface area contributed by atoms with Crippen LogP contribution in [0.25, 0.3) is 15.9 Å². The monoisotopic (exact) mass is 365 g/mol. The zero-order valence-corrected chi connectivity index (χ0v) is 14.0. The molecule has 0 unspecified atom stereocenters. The number of rotatable bonds is 2. The minimum Gasteiger partial charge on any atom is -0.268 e. The van der Waals surface area contributed by atoms with Gasteiger partial charge in [0.25, 0.3) is 17.4 Å². The third-order valence-corrected chi connectivity index (χ3v) is 4.48. The van der Waals surface area contributed by atoms with Crippen molar-refractivity contribution in [3.63, 3.8) is 0 Å². The van der Waals surface area contributed by atoms with E-state index in [9.17, 15) is 14.4 Å². The van der Waals surface area contributed by atoms with Gasteiger partial charge in [-0.05, 0) is 12.1 Å². The zero-order valence-electron chi connectivity index (χ0n) is 13.2. The number of hydrogen-bond acceptors (Lipinski definition) is 6. The van der Waals surface area contributed by atoms with Gasteiger partial charge < -0.3 is 0 Å². The molecule has 0 spiro atoms. The van der Waals surface area contributed by atoms with Gasteiger partial charge in [-0.1, -0.05) is 24.3 Å². The van der Waals surface area contributed by atoms with Crippen LogP contribution in [0.15, 0.2) is 59.0 Å². The van der Waals surface area contributed by atoms with E-state index in [0.29, 0.717) is 10.5 Å². The van der Waals surface area contributed by atoms with Crippen LogP contribution in [0.1, 0.15) is 20.8 Å². The molecule has 0 fully saturated rings. The maximum absolute atomic E-state index is 12.2. The molecule has 2 amide bonds. The normalized spacial score (nSPS) is 10.8. The molecule has 1 aromatic carbocycles. The van der Waals surface area contributed by atoms with E-state index in [0.717, 1.165) is 5.39 Å². The molecule has 0 aliphatic rings. The Labute approximate surface area is 150 Å². The Bertz CT molecular complexity index is 1210. The first kappa shape index (κ1) is 15.9. The Balaban J connectivity index is 1.51. The number of hydrogen-bond donors (Lipinski definition) is 2. The standard InChI is InChI=1S/C17H11N5O3S/c23-14(11-9-18-17-22(16(11)25)7-8-26-17)20-21-15(24)13-6-5-10-3-1-2-4-12(10)19-13/h1-9H,(H,20,23)(H,21,24). The quantitative estimate of drug-likeness (QED) is 0.522. The summed E-state index contributed by atoms with van der Waals surface area (Å²) in [6, 6.07) is 10.7. The second-order valence-corrected chi connectivity index (χ2v) is 6.20. The smallest absolute Gasteiger partial charge is 0.268 e. The topological polar surface area (TPSA) is 105 Å². The predicted octanol–water partition coefficient (Wildman–Crippen LogP) is 1.38. The first-order chi connectivity index (χ1) is 12.6. The number of carbonyl (C=O) groups excluding carboxylic acids is 2. The van der Waals surface area contributed by atoms with E-state index in [2.05, 4.69) is 20.8 Å². The van der Waals surface area contributed by atoms with Crippen LogP contribution in [0, 0.1) is 0 Å². The molecule has 4 rings (SSSR count). The molecule has 4 aromatic rings. The summed E-state index contributed by atoms with van der Waals surface area (Å²) >= 11 is 1.28. The molecular formula is C17H11N5O3S. The minimum atomic E-state index is -0.753. The fourth-order valence-corrected chi connectivity index (χ4v) is 3.09. The maximum atomic E-state index is 12.2. The minimum absolute atomic E-state index is 0.145. The van der Waals surface area contributed by atoms with E-state index < -0.39 is 17.4 Å². The zero-order chi connectivity index (χ0) is 18.1. The van der Waals surface area contributed by atoms with E-state index in [1.807, 2.05) is 18.2 Å². The van der Waals surface area contributed by atoms with Crippen LogP contribution >= 0.6 is 11.3 Å². The number of aromatic nitrogens is 3. The summed E-state index contributed by atoms with van der Waals surface area (Å²) in [5.41, 5.74) is 4.60. The molecule has 3 heterocycles. The highest BCUT2D eigenvalue weighted by Gasteiger charge is 2.15. The molecule has 128 valence electrons. The lowest BCUT2D eigenvalue weighted by Crippen LogP contribution is -2.44. The number of thiazole rings is 1. The number of nitrogens with one attached hydrogen (secondary N) is 2.